The van der Waals surface area contributed by atoms with Crippen molar-refractivity contribution in [1.82, 2.24) is 10.3 Å². The predicted octanol–water partition coefficient (Wildman–Crippen LogP) is 0.784. The highest BCUT2D eigenvalue weighted by Gasteiger charge is 2.16. The summed E-state index contributed by atoms with van der Waals surface area (Å²) in [6.45, 7) is 2.54. The number of hydrogen-bond acceptors (Lipinski definition) is 4. The number of hydrogen-bond donors (Lipinski definition) is 2. The lowest BCUT2D eigenvalue weighted by Crippen LogP contribution is -2.33. The molecule has 1 saturated heterocycles. The smallest absolute Gasteiger partial charge is 0.126 e. The van der Waals surface area contributed by atoms with Crippen LogP contribution in [-0.2, 0) is 4.74 Å². The molecular weight excluding hydrogens is 178 g/mol. The van der Waals surface area contributed by atoms with Crippen LogP contribution in [0.15, 0.2) is 18.2 Å². The number of rotatable bonds is 2. The fourth-order valence-corrected chi connectivity index (χ4v) is 1.53. The van der Waals surface area contributed by atoms with Gasteiger partial charge in [0.05, 0.1) is 12.3 Å². The maximum absolute atomic E-state index is 5.61. The average Bonchev–Trinajstić information content (AvgIpc) is 2.30. The minimum absolute atomic E-state index is 0.0945. The third-order valence-electron chi connectivity index (χ3n) is 2.28. The van der Waals surface area contributed by atoms with Gasteiger partial charge < -0.3 is 15.4 Å². The Morgan fingerprint density at radius 2 is 2.50 bits per heavy atom. The highest BCUT2D eigenvalue weighted by atomic mass is 16.5. The number of pyridine rings is 1. The summed E-state index contributed by atoms with van der Waals surface area (Å²) in [5, 5.41) is 6.30. The first-order chi connectivity index (χ1) is 6.90. The zero-order chi connectivity index (χ0) is 9.80. The Morgan fingerprint density at radius 1 is 1.57 bits per heavy atom. The number of morpholine rings is 1. The molecule has 14 heavy (non-hydrogen) atoms. The Bertz CT molecular complexity index is 297. The highest BCUT2D eigenvalue weighted by Crippen LogP contribution is 2.17. The summed E-state index contributed by atoms with van der Waals surface area (Å²) in [6, 6.07) is 5.93. The normalized spacial score (nSPS) is 21.9. The van der Waals surface area contributed by atoms with E-state index >= 15 is 0 Å². The summed E-state index contributed by atoms with van der Waals surface area (Å²) < 4.78 is 5.61. The van der Waals surface area contributed by atoms with Crippen LogP contribution in [0.5, 0.6) is 0 Å². The van der Waals surface area contributed by atoms with Crippen LogP contribution in [0.2, 0.25) is 0 Å². The summed E-state index contributed by atoms with van der Waals surface area (Å²) in [5.74, 6) is 0.886. The van der Waals surface area contributed by atoms with Gasteiger partial charge in [0.15, 0.2) is 0 Å². The molecule has 2 heterocycles. The Balaban J connectivity index is 2.13. The molecule has 1 aromatic heterocycles. The largest absolute Gasteiger partial charge is 0.373 e. The molecule has 1 aliphatic heterocycles. The van der Waals surface area contributed by atoms with Crippen LogP contribution in [0.3, 0.4) is 0 Å². The molecule has 1 fully saturated rings. The van der Waals surface area contributed by atoms with Gasteiger partial charge in [-0.25, -0.2) is 4.98 Å². The first kappa shape index (κ1) is 9.43. The van der Waals surface area contributed by atoms with Crippen molar-refractivity contribution in [2.45, 2.75) is 6.10 Å². The van der Waals surface area contributed by atoms with Gasteiger partial charge in [-0.05, 0) is 12.1 Å². The molecular formula is C10H15N3O. The van der Waals surface area contributed by atoms with Crippen LogP contribution < -0.4 is 10.6 Å². The molecule has 1 aliphatic rings. The number of anilines is 1. The average molecular weight is 193 g/mol. The summed E-state index contributed by atoms with van der Waals surface area (Å²) in [7, 11) is 1.87. The molecule has 1 aromatic rings. The molecule has 1 unspecified atom stereocenters. The Hall–Kier alpha value is -1.13. The quantitative estimate of drug-likeness (QED) is 0.728. The van der Waals surface area contributed by atoms with Crippen LogP contribution in [0.1, 0.15) is 11.8 Å². The third-order valence-corrected chi connectivity index (χ3v) is 2.28. The summed E-state index contributed by atoms with van der Waals surface area (Å²) >= 11 is 0. The number of nitrogens with one attached hydrogen (secondary N) is 2. The van der Waals surface area contributed by atoms with Crippen molar-refractivity contribution in [2.24, 2.45) is 0 Å². The number of aromatic nitrogens is 1. The van der Waals surface area contributed by atoms with Crippen molar-refractivity contribution in [3.8, 4) is 0 Å². The van der Waals surface area contributed by atoms with Crippen LogP contribution >= 0.6 is 0 Å². The van der Waals surface area contributed by atoms with Gasteiger partial charge in [-0.15, -0.1) is 0 Å². The van der Waals surface area contributed by atoms with Crippen molar-refractivity contribution in [1.29, 1.82) is 0 Å². The van der Waals surface area contributed by atoms with Crippen molar-refractivity contribution < 1.29 is 4.74 Å². The zero-order valence-corrected chi connectivity index (χ0v) is 8.29. The molecule has 0 amide bonds. The van der Waals surface area contributed by atoms with E-state index in [4.69, 9.17) is 4.74 Å². The van der Waals surface area contributed by atoms with E-state index in [1.807, 2.05) is 25.2 Å². The maximum Gasteiger partial charge on any atom is 0.126 e. The fraction of sp³-hybridized carbons (Fsp3) is 0.500. The molecule has 4 heteroatoms. The van der Waals surface area contributed by atoms with Crippen LogP contribution in [0.4, 0.5) is 5.82 Å². The molecule has 0 aromatic carbocycles. The van der Waals surface area contributed by atoms with Crippen molar-refractivity contribution in [2.75, 3.05) is 32.1 Å². The summed E-state index contributed by atoms with van der Waals surface area (Å²) in [6.07, 6.45) is 0.0945. The lowest BCUT2D eigenvalue weighted by Gasteiger charge is -2.23. The molecule has 4 nitrogen and oxygen atoms in total. The lowest BCUT2D eigenvalue weighted by atomic mass is 10.2. The maximum atomic E-state index is 5.61. The SMILES string of the molecule is CNc1cccc(C2CNCCO2)n1. The van der Waals surface area contributed by atoms with Gasteiger partial charge in [-0.2, -0.15) is 0 Å². The Kier molecular flexibility index (Phi) is 2.96. The standard InChI is InChI=1S/C10H15N3O/c1-11-10-4-2-3-8(13-10)9-7-12-5-6-14-9/h2-4,9,12H,5-7H2,1H3,(H,11,13). The van der Waals surface area contributed by atoms with E-state index in [0.29, 0.717) is 0 Å². The zero-order valence-electron chi connectivity index (χ0n) is 8.29. The van der Waals surface area contributed by atoms with Crippen molar-refractivity contribution in [3.63, 3.8) is 0 Å². The Labute approximate surface area is 83.7 Å². The summed E-state index contributed by atoms with van der Waals surface area (Å²) in [4.78, 5) is 4.44. The van der Waals surface area contributed by atoms with Crippen LogP contribution in [-0.4, -0.2) is 31.7 Å². The van der Waals surface area contributed by atoms with Gasteiger partial charge in [0, 0.05) is 20.1 Å². The van der Waals surface area contributed by atoms with E-state index in [9.17, 15) is 0 Å². The first-order valence-corrected chi connectivity index (χ1v) is 4.87. The molecule has 0 saturated carbocycles. The second-order valence-corrected chi connectivity index (χ2v) is 3.26. The molecule has 0 aliphatic carbocycles. The number of ether oxygens (including phenoxy) is 1. The highest BCUT2D eigenvalue weighted by molar-refractivity contribution is 5.34. The van der Waals surface area contributed by atoms with Crippen LogP contribution in [0.25, 0.3) is 0 Å². The lowest BCUT2D eigenvalue weighted by molar-refractivity contribution is 0.0251. The van der Waals surface area contributed by atoms with E-state index in [1.165, 1.54) is 0 Å². The minimum Gasteiger partial charge on any atom is -0.373 e. The van der Waals surface area contributed by atoms with Crippen molar-refractivity contribution in [3.05, 3.63) is 23.9 Å². The number of nitrogens with zero attached hydrogens (tertiary/aromatic N) is 1. The van der Waals surface area contributed by atoms with E-state index in [1.54, 1.807) is 0 Å². The molecule has 2 N–H and O–H groups in total. The molecule has 0 spiro atoms. The third kappa shape index (κ3) is 2.02. The van der Waals surface area contributed by atoms with Gasteiger partial charge in [-0.1, -0.05) is 6.07 Å². The molecule has 76 valence electrons. The van der Waals surface area contributed by atoms with E-state index in [0.717, 1.165) is 31.2 Å². The minimum atomic E-state index is 0.0945. The Morgan fingerprint density at radius 3 is 3.21 bits per heavy atom. The molecule has 0 radical (unpaired) electrons. The van der Waals surface area contributed by atoms with Gasteiger partial charge in [0.25, 0.3) is 0 Å². The molecule has 2 rings (SSSR count). The summed E-state index contributed by atoms with van der Waals surface area (Å²) in [5.41, 5.74) is 0.990. The molecule has 0 bridgehead atoms. The fourth-order valence-electron chi connectivity index (χ4n) is 1.53. The van der Waals surface area contributed by atoms with Crippen LogP contribution in [0, 0.1) is 0 Å². The predicted molar refractivity (Wildman–Crippen MR) is 55.3 cm³/mol. The van der Waals surface area contributed by atoms with Gasteiger partial charge >= 0.3 is 0 Å². The van der Waals surface area contributed by atoms with Gasteiger partial charge in [0.1, 0.15) is 11.9 Å². The van der Waals surface area contributed by atoms with E-state index in [2.05, 4.69) is 15.6 Å². The first-order valence-electron chi connectivity index (χ1n) is 4.87. The van der Waals surface area contributed by atoms with Gasteiger partial charge in [0.2, 0.25) is 0 Å². The van der Waals surface area contributed by atoms with Gasteiger partial charge in [-0.3, -0.25) is 0 Å². The van der Waals surface area contributed by atoms with E-state index < -0.39 is 0 Å². The monoisotopic (exact) mass is 193 g/mol. The van der Waals surface area contributed by atoms with Crippen molar-refractivity contribution >= 4 is 5.82 Å². The van der Waals surface area contributed by atoms with E-state index in [-0.39, 0.29) is 6.10 Å². The second-order valence-electron chi connectivity index (χ2n) is 3.26. The topological polar surface area (TPSA) is 46.2 Å². The molecule has 1 atom stereocenters. The second kappa shape index (κ2) is 4.39.